The summed E-state index contributed by atoms with van der Waals surface area (Å²) in [6.07, 6.45) is 0. The fourth-order valence-electron chi connectivity index (χ4n) is 6.21. The number of hydrogen-bond donors (Lipinski definition) is 0. The number of furan rings is 1. The van der Waals surface area contributed by atoms with E-state index in [-0.39, 0.29) is 0 Å². The molecule has 0 saturated heterocycles. The summed E-state index contributed by atoms with van der Waals surface area (Å²) in [5.41, 5.74) is 9.72. The second-order valence-corrected chi connectivity index (χ2v) is 10.5. The Morgan fingerprint density at radius 2 is 1.00 bits per heavy atom. The van der Waals surface area contributed by atoms with E-state index in [4.69, 9.17) is 4.42 Å². The molecule has 8 rings (SSSR count). The van der Waals surface area contributed by atoms with E-state index in [9.17, 15) is 0 Å². The highest BCUT2D eigenvalue weighted by Crippen LogP contribution is 2.47. The van der Waals surface area contributed by atoms with E-state index in [0.717, 1.165) is 44.6 Å². The van der Waals surface area contributed by atoms with Crippen LogP contribution < -0.4 is 4.90 Å². The van der Waals surface area contributed by atoms with Crippen LogP contribution in [0.5, 0.6) is 0 Å². The number of anilines is 3. The van der Waals surface area contributed by atoms with Crippen molar-refractivity contribution >= 4 is 49.8 Å². The molecule has 42 heavy (non-hydrogen) atoms. The third-order valence-corrected chi connectivity index (χ3v) is 8.06. The Balaban J connectivity index is 1.43. The van der Waals surface area contributed by atoms with E-state index in [1.165, 1.54) is 27.5 Å². The van der Waals surface area contributed by atoms with Crippen molar-refractivity contribution in [1.29, 1.82) is 0 Å². The first-order valence-electron chi connectivity index (χ1n) is 14.3. The molecule has 1 heterocycles. The van der Waals surface area contributed by atoms with Crippen molar-refractivity contribution < 1.29 is 4.42 Å². The van der Waals surface area contributed by atoms with Crippen LogP contribution in [-0.2, 0) is 0 Å². The Morgan fingerprint density at radius 3 is 1.83 bits per heavy atom. The highest BCUT2D eigenvalue weighted by atomic mass is 16.3. The van der Waals surface area contributed by atoms with Gasteiger partial charge in [-0.15, -0.1) is 0 Å². The standard InChI is InChI=1S/C40H27NO/c1-3-14-28(15-4-1)31-22-11-16-29-17-12-23-34(39(29)31)32-20-7-9-25-36(32)41(30-18-5-2-6-19-30)37-26-13-24-35-33-21-8-10-27-38(33)42-40(35)37/h1-27H. The van der Waals surface area contributed by atoms with Crippen LogP contribution >= 0.6 is 0 Å². The number of fused-ring (bicyclic) bond motifs is 4. The summed E-state index contributed by atoms with van der Waals surface area (Å²) >= 11 is 0. The van der Waals surface area contributed by atoms with Crippen molar-refractivity contribution in [2.45, 2.75) is 0 Å². The van der Waals surface area contributed by atoms with Crippen LogP contribution in [0.3, 0.4) is 0 Å². The van der Waals surface area contributed by atoms with Crippen molar-refractivity contribution in [3.63, 3.8) is 0 Å². The molecule has 0 unspecified atom stereocenters. The summed E-state index contributed by atoms with van der Waals surface area (Å²) in [7, 11) is 0. The minimum atomic E-state index is 0.875. The maximum absolute atomic E-state index is 6.56. The number of hydrogen-bond acceptors (Lipinski definition) is 2. The molecule has 7 aromatic carbocycles. The van der Waals surface area contributed by atoms with Gasteiger partial charge in [0.25, 0.3) is 0 Å². The normalized spacial score (nSPS) is 11.3. The SMILES string of the molecule is c1ccc(-c2cccc3cccc(-c4ccccc4N(c4ccccc4)c4cccc5c4oc4ccccc45)c23)cc1. The second-order valence-electron chi connectivity index (χ2n) is 10.5. The Labute approximate surface area is 244 Å². The molecule has 0 atom stereocenters. The molecule has 0 aliphatic heterocycles. The van der Waals surface area contributed by atoms with Gasteiger partial charge in [-0.25, -0.2) is 0 Å². The van der Waals surface area contributed by atoms with Gasteiger partial charge in [0.2, 0.25) is 0 Å². The van der Waals surface area contributed by atoms with Crippen molar-refractivity contribution in [2.75, 3.05) is 4.90 Å². The van der Waals surface area contributed by atoms with Gasteiger partial charge in [-0.1, -0.05) is 133 Å². The lowest BCUT2D eigenvalue weighted by atomic mass is 9.90. The molecule has 0 saturated carbocycles. The molecule has 2 heteroatoms. The third kappa shape index (κ3) is 3.96. The smallest absolute Gasteiger partial charge is 0.159 e. The molecule has 0 N–H and O–H groups in total. The molecule has 0 spiro atoms. The Morgan fingerprint density at radius 1 is 0.405 bits per heavy atom. The Hall–Kier alpha value is -5.60. The van der Waals surface area contributed by atoms with Crippen LogP contribution in [0, 0.1) is 0 Å². The molecule has 0 aliphatic rings. The van der Waals surface area contributed by atoms with E-state index in [0.29, 0.717) is 0 Å². The van der Waals surface area contributed by atoms with Crippen LogP contribution in [0.25, 0.3) is 55.0 Å². The lowest BCUT2D eigenvalue weighted by molar-refractivity contribution is 0.669. The lowest BCUT2D eigenvalue weighted by Crippen LogP contribution is -2.11. The lowest BCUT2D eigenvalue weighted by Gasteiger charge is -2.28. The van der Waals surface area contributed by atoms with Gasteiger partial charge < -0.3 is 9.32 Å². The third-order valence-electron chi connectivity index (χ3n) is 8.06. The largest absolute Gasteiger partial charge is 0.454 e. The fraction of sp³-hybridized carbons (Fsp3) is 0. The zero-order valence-corrected chi connectivity index (χ0v) is 22.9. The van der Waals surface area contributed by atoms with Gasteiger partial charge in [-0.05, 0) is 57.8 Å². The highest BCUT2D eigenvalue weighted by Gasteiger charge is 2.22. The minimum absolute atomic E-state index is 0.875. The van der Waals surface area contributed by atoms with E-state index in [1.807, 2.05) is 12.1 Å². The molecular weight excluding hydrogens is 510 g/mol. The fourth-order valence-corrected chi connectivity index (χ4v) is 6.21. The van der Waals surface area contributed by atoms with Crippen LogP contribution in [0.15, 0.2) is 168 Å². The molecule has 0 amide bonds. The first-order valence-corrected chi connectivity index (χ1v) is 14.3. The zero-order valence-electron chi connectivity index (χ0n) is 22.9. The first kappa shape index (κ1) is 24.2. The van der Waals surface area contributed by atoms with Crippen molar-refractivity contribution in [1.82, 2.24) is 0 Å². The summed E-state index contributed by atoms with van der Waals surface area (Å²) in [5.74, 6) is 0. The van der Waals surface area contributed by atoms with Gasteiger partial charge in [-0.2, -0.15) is 0 Å². The van der Waals surface area contributed by atoms with Gasteiger partial charge in [0.15, 0.2) is 5.58 Å². The van der Waals surface area contributed by atoms with E-state index < -0.39 is 0 Å². The van der Waals surface area contributed by atoms with Crippen molar-refractivity contribution in [2.24, 2.45) is 0 Å². The molecule has 0 aliphatic carbocycles. The Kier molecular flexibility index (Phi) is 5.82. The van der Waals surface area contributed by atoms with Crippen LogP contribution in [0.4, 0.5) is 17.1 Å². The maximum atomic E-state index is 6.56. The molecule has 0 radical (unpaired) electrons. The monoisotopic (exact) mass is 537 g/mol. The minimum Gasteiger partial charge on any atom is -0.454 e. The molecule has 8 aromatic rings. The predicted molar refractivity (Wildman–Crippen MR) is 177 cm³/mol. The average molecular weight is 538 g/mol. The predicted octanol–water partition coefficient (Wildman–Crippen LogP) is 11.5. The van der Waals surface area contributed by atoms with Crippen LogP contribution in [0.1, 0.15) is 0 Å². The average Bonchev–Trinajstić information content (AvgIpc) is 3.45. The van der Waals surface area contributed by atoms with E-state index >= 15 is 0 Å². The second kappa shape index (κ2) is 10.1. The summed E-state index contributed by atoms with van der Waals surface area (Å²) < 4.78 is 6.56. The van der Waals surface area contributed by atoms with Gasteiger partial charge in [0, 0.05) is 22.0 Å². The van der Waals surface area contributed by atoms with Crippen LogP contribution in [-0.4, -0.2) is 0 Å². The number of para-hydroxylation sites is 4. The Bertz CT molecular complexity index is 2190. The maximum Gasteiger partial charge on any atom is 0.159 e. The van der Waals surface area contributed by atoms with E-state index in [2.05, 4.69) is 157 Å². The van der Waals surface area contributed by atoms with Crippen molar-refractivity contribution in [3.8, 4) is 22.3 Å². The molecule has 1 aromatic heterocycles. The molecule has 198 valence electrons. The van der Waals surface area contributed by atoms with Crippen LogP contribution in [0.2, 0.25) is 0 Å². The number of benzene rings is 7. The molecule has 0 fully saturated rings. The summed E-state index contributed by atoms with van der Waals surface area (Å²) in [6, 6.07) is 57.9. The van der Waals surface area contributed by atoms with Gasteiger partial charge in [0.1, 0.15) is 5.58 Å². The topological polar surface area (TPSA) is 16.4 Å². The van der Waals surface area contributed by atoms with Gasteiger partial charge in [-0.3, -0.25) is 0 Å². The first-order chi connectivity index (χ1) is 20.9. The van der Waals surface area contributed by atoms with Gasteiger partial charge >= 0.3 is 0 Å². The summed E-state index contributed by atoms with van der Waals surface area (Å²) in [6.45, 7) is 0. The number of rotatable bonds is 5. The number of nitrogens with zero attached hydrogens (tertiary/aromatic N) is 1. The molecular formula is C40H27NO. The summed E-state index contributed by atoms with van der Waals surface area (Å²) in [5, 5.41) is 4.69. The summed E-state index contributed by atoms with van der Waals surface area (Å²) in [4.78, 5) is 2.34. The van der Waals surface area contributed by atoms with Gasteiger partial charge in [0.05, 0.1) is 11.4 Å². The molecule has 0 bridgehead atoms. The van der Waals surface area contributed by atoms with Crippen molar-refractivity contribution in [3.05, 3.63) is 164 Å². The zero-order chi connectivity index (χ0) is 27.9. The van der Waals surface area contributed by atoms with E-state index in [1.54, 1.807) is 0 Å². The highest BCUT2D eigenvalue weighted by molar-refractivity contribution is 6.12. The molecule has 2 nitrogen and oxygen atoms in total. The quantitative estimate of drug-likeness (QED) is 0.217.